The molecule has 0 aliphatic rings. The second-order valence-electron chi connectivity index (χ2n) is 3.68. The van der Waals surface area contributed by atoms with Crippen LogP contribution in [-0.4, -0.2) is 12.9 Å². The molecule has 0 fully saturated rings. The molecule has 0 heterocycles. The monoisotopic (exact) mass is 416 g/mol. The largest absolute Gasteiger partial charge is 0.496 e. The molecule has 0 amide bonds. The Labute approximate surface area is 128 Å². The van der Waals surface area contributed by atoms with Gasteiger partial charge in [0.05, 0.1) is 12.7 Å². The highest BCUT2D eigenvalue weighted by molar-refractivity contribution is 14.1. The highest BCUT2D eigenvalue weighted by atomic mass is 127. The molecule has 0 radical (unpaired) electrons. The molecule has 0 saturated carbocycles. The molecule has 0 unspecified atom stereocenters. The Balaban J connectivity index is 2.45. The Morgan fingerprint density at radius 2 is 1.83 bits per heavy atom. The van der Waals surface area contributed by atoms with Gasteiger partial charge in [0.2, 0.25) is 0 Å². The molecule has 2 nitrogen and oxygen atoms in total. The van der Waals surface area contributed by atoms with Crippen molar-refractivity contribution in [3.05, 3.63) is 61.6 Å². The Kier molecular flexibility index (Phi) is 4.40. The molecular formula is C14H10BrIO2. The van der Waals surface area contributed by atoms with Crippen molar-refractivity contribution < 1.29 is 9.53 Å². The van der Waals surface area contributed by atoms with Crippen LogP contribution in [-0.2, 0) is 0 Å². The SMILES string of the molecule is COc1ccc(Br)cc1C(=O)c1ccc(I)cc1. The molecule has 2 rings (SSSR count). The van der Waals surface area contributed by atoms with Gasteiger partial charge in [-0.2, -0.15) is 0 Å². The summed E-state index contributed by atoms with van der Waals surface area (Å²) in [6.07, 6.45) is 0. The van der Waals surface area contributed by atoms with Crippen LogP contribution in [0, 0.1) is 3.57 Å². The van der Waals surface area contributed by atoms with Crippen LogP contribution in [0.4, 0.5) is 0 Å². The van der Waals surface area contributed by atoms with E-state index in [2.05, 4.69) is 38.5 Å². The van der Waals surface area contributed by atoms with E-state index in [0.29, 0.717) is 16.9 Å². The van der Waals surface area contributed by atoms with E-state index in [0.717, 1.165) is 8.04 Å². The lowest BCUT2D eigenvalue weighted by Crippen LogP contribution is -2.04. The first-order chi connectivity index (χ1) is 8.61. The summed E-state index contributed by atoms with van der Waals surface area (Å²) in [5.74, 6) is 0.548. The Bertz CT molecular complexity index is 579. The molecule has 0 aliphatic carbocycles. The van der Waals surface area contributed by atoms with Gasteiger partial charge in [-0.15, -0.1) is 0 Å². The molecule has 0 N–H and O–H groups in total. The molecule has 0 bridgehead atoms. The maximum absolute atomic E-state index is 12.4. The van der Waals surface area contributed by atoms with Crippen LogP contribution in [0.15, 0.2) is 46.9 Å². The lowest BCUT2D eigenvalue weighted by Gasteiger charge is -2.08. The summed E-state index contributed by atoms with van der Waals surface area (Å²) in [6, 6.07) is 12.9. The first-order valence-electron chi connectivity index (χ1n) is 5.25. The third kappa shape index (κ3) is 2.92. The summed E-state index contributed by atoms with van der Waals surface area (Å²) in [5, 5.41) is 0. The topological polar surface area (TPSA) is 26.3 Å². The van der Waals surface area contributed by atoms with Crippen LogP contribution >= 0.6 is 38.5 Å². The molecule has 2 aromatic rings. The van der Waals surface area contributed by atoms with Gasteiger partial charge in [-0.25, -0.2) is 0 Å². The van der Waals surface area contributed by atoms with Crippen LogP contribution in [0.2, 0.25) is 0 Å². The van der Waals surface area contributed by atoms with Crippen LogP contribution in [0.1, 0.15) is 15.9 Å². The molecule has 2 aromatic carbocycles. The van der Waals surface area contributed by atoms with Gasteiger partial charge in [-0.3, -0.25) is 4.79 Å². The number of carbonyl (C=O) groups is 1. The van der Waals surface area contributed by atoms with Gasteiger partial charge in [0.25, 0.3) is 0 Å². The Morgan fingerprint density at radius 3 is 2.44 bits per heavy atom. The normalized spacial score (nSPS) is 10.2. The number of ether oxygens (including phenoxy) is 1. The Hall–Kier alpha value is -0.880. The van der Waals surface area contributed by atoms with Gasteiger partial charge in [-0.1, -0.05) is 15.9 Å². The van der Waals surface area contributed by atoms with Crippen molar-refractivity contribution in [3.8, 4) is 5.75 Å². The number of ketones is 1. The first kappa shape index (κ1) is 13.5. The summed E-state index contributed by atoms with van der Waals surface area (Å²) in [4.78, 5) is 12.4. The average Bonchev–Trinajstić information content (AvgIpc) is 2.39. The van der Waals surface area contributed by atoms with Crippen molar-refractivity contribution in [1.29, 1.82) is 0 Å². The van der Waals surface area contributed by atoms with E-state index >= 15 is 0 Å². The molecule has 0 aromatic heterocycles. The molecule has 4 heteroatoms. The van der Waals surface area contributed by atoms with E-state index in [-0.39, 0.29) is 5.78 Å². The molecule has 92 valence electrons. The molecule has 0 saturated heterocycles. The Morgan fingerprint density at radius 1 is 1.17 bits per heavy atom. The van der Waals surface area contributed by atoms with Gasteiger partial charge in [0.15, 0.2) is 5.78 Å². The molecule has 0 spiro atoms. The number of benzene rings is 2. The smallest absolute Gasteiger partial charge is 0.196 e. The number of hydrogen-bond acceptors (Lipinski definition) is 2. The van der Waals surface area contributed by atoms with Gasteiger partial charge in [-0.05, 0) is 65.1 Å². The predicted octanol–water partition coefficient (Wildman–Crippen LogP) is 4.29. The van der Waals surface area contributed by atoms with Crippen LogP contribution in [0.25, 0.3) is 0 Å². The summed E-state index contributed by atoms with van der Waals surface area (Å²) < 4.78 is 7.18. The zero-order valence-corrected chi connectivity index (χ0v) is 13.4. The molecular weight excluding hydrogens is 407 g/mol. The molecule has 0 aliphatic heterocycles. The van der Waals surface area contributed by atoms with E-state index in [1.807, 2.05) is 30.3 Å². The van der Waals surface area contributed by atoms with E-state index in [9.17, 15) is 4.79 Å². The van der Waals surface area contributed by atoms with E-state index in [1.165, 1.54) is 0 Å². The first-order valence-corrected chi connectivity index (χ1v) is 7.13. The standard InChI is InChI=1S/C14H10BrIO2/c1-18-13-7-4-10(15)8-12(13)14(17)9-2-5-11(16)6-3-9/h2-8H,1H3. The number of methoxy groups -OCH3 is 1. The fraction of sp³-hybridized carbons (Fsp3) is 0.0714. The minimum atomic E-state index is -0.0375. The summed E-state index contributed by atoms with van der Waals surface area (Å²) >= 11 is 5.58. The van der Waals surface area contributed by atoms with Crippen molar-refractivity contribution >= 4 is 44.3 Å². The summed E-state index contributed by atoms with van der Waals surface area (Å²) in [5.41, 5.74) is 1.22. The minimum absolute atomic E-state index is 0.0375. The molecule has 18 heavy (non-hydrogen) atoms. The average molecular weight is 417 g/mol. The maximum atomic E-state index is 12.4. The lowest BCUT2D eigenvalue weighted by molar-refractivity contribution is 0.103. The highest BCUT2D eigenvalue weighted by Gasteiger charge is 2.14. The molecule has 0 atom stereocenters. The van der Waals surface area contributed by atoms with Gasteiger partial charge < -0.3 is 4.74 Å². The van der Waals surface area contributed by atoms with E-state index in [1.54, 1.807) is 19.2 Å². The van der Waals surface area contributed by atoms with E-state index in [4.69, 9.17) is 4.74 Å². The van der Waals surface area contributed by atoms with E-state index < -0.39 is 0 Å². The maximum Gasteiger partial charge on any atom is 0.196 e. The van der Waals surface area contributed by atoms with Gasteiger partial charge in [0.1, 0.15) is 5.75 Å². The third-order valence-corrected chi connectivity index (χ3v) is 3.72. The zero-order valence-electron chi connectivity index (χ0n) is 9.61. The fourth-order valence-corrected chi connectivity index (χ4v) is 2.34. The minimum Gasteiger partial charge on any atom is -0.496 e. The van der Waals surface area contributed by atoms with Crippen molar-refractivity contribution in [1.82, 2.24) is 0 Å². The second-order valence-corrected chi connectivity index (χ2v) is 5.84. The number of halogens is 2. The van der Waals surface area contributed by atoms with Crippen LogP contribution in [0.5, 0.6) is 5.75 Å². The number of rotatable bonds is 3. The predicted molar refractivity (Wildman–Crippen MR) is 83.3 cm³/mol. The summed E-state index contributed by atoms with van der Waals surface area (Å²) in [7, 11) is 1.56. The lowest BCUT2D eigenvalue weighted by atomic mass is 10.0. The third-order valence-electron chi connectivity index (χ3n) is 2.51. The van der Waals surface area contributed by atoms with Gasteiger partial charge >= 0.3 is 0 Å². The second kappa shape index (κ2) is 5.84. The van der Waals surface area contributed by atoms with Crippen LogP contribution in [0.3, 0.4) is 0 Å². The highest BCUT2D eigenvalue weighted by Crippen LogP contribution is 2.25. The van der Waals surface area contributed by atoms with Crippen molar-refractivity contribution in [2.45, 2.75) is 0 Å². The van der Waals surface area contributed by atoms with Crippen LogP contribution < -0.4 is 4.74 Å². The van der Waals surface area contributed by atoms with Crippen molar-refractivity contribution in [3.63, 3.8) is 0 Å². The fourth-order valence-electron chi connectivity index (χ4n) is 1.61. The number of hydrogen-bond donors (Lipinski definition) is 0. The quantitative estimate of drug-likeness (QED) is 0.551. The summed E-state index contributed by atoms with van der Waals surface area (Å²) in [6.45, 7) is 0. The zero-order chi connectivity index (χ0) is 13.1. The van der Waals surface area contributed by atoms with Crippen molar-refractivity contribution in [2.24, 2.45) is 0 Å². The number of carbonyl (C=O) groups excluding carboxylic acids is 1. The van der Waals surface area contributed by atoms with Crippen molar-refractivity contribution in [2.75, 3.05) is 7.11 Å². The van der Waals surface area contributed by atoms with Gasteiger partial charge in [0, 0.05) is 13.6 Å².